The average Bonchev–Trinajstić information content (AvgIpc) is 1.96. The normalized spacial score (nSPS) is 46.1. The fourth-order valence-corrected chi connectivity index (χ4v) is 4.46. The molecule has 2 nitrogen and oxygen atoms in total. The van der Waals surface area contributed by atoms with Crippen molar-refractivity contribution in [1.82, 2.24) is 0 Å². The van der Waals surface area contributed by atoms with E-state index in [1.54, 1.807) is 6.92 Å². The van der Waals surface area contributed by atoms with Crippen LogP contribution in [0.25, 0.3) is 0 Å². The Morgan fingerprint density at radius 3 is 1.80 bits per heavy atom. The second-order valence-electron chi connectivity index (χ2n) is 5.69. The molecule has 15 heavy (non-hydrogen) atoms. The van der Waals surface area contributed by atoms with Gasteiger partial charge in [-0.3, -0.25) is 4.79 Å². The van der Waals surface area contributed by atoms with Crippen LogP contribution in [0.15, 0.2) is 0 Å². The molecule has 0 atom stereocenters. The van der Waals surface area contributed by atoms with E-state index in [-0.39, 0.29) is 41.1 Å². The van der Waals surface area contributed by atoms with E-state index in [2.05, 4.69) is 0 Å². The third kappa shape index (κ3) is 2.13. The zero-order valence-corrected chi connectivity index (χ0v) is 8.79. The molecule has 4 fully saturated rings. The van der Waals surface area contributed by atoms with Crippen LogP contribution in [0.5, 0.6) is 0 Å². The van der Waals surface area contributed by atoms with E-state index in [1.165, 1.54) is 19.3 Å². The van der Waals surface area contributed by atoms with Crippen molar-refractivity contribution in [1.29, 1.82) is 0 Å². The summed E-state index contributed by atoms with van der Waals surface area (Å²) in [7, 11) is 0. The molecular formula is C12H19NaO2. The number of rotatable bonds is 1. The van der Waals surface area contributed by atoms with Gasteiger partial charge in [0.05, 0.1) is 0 Å². The summed E-state index contributed by atoms with van der Waals surface area (Å²) in [4.78, 5) is 11.1. The van der Waals surface area contributed by atoms with Gasteiger partial charge in [0, 0.05) is 6.92 Å². The van der Waals surface area contributed by atoms with Crippen LogP contribution < -0.4 is 0 Å². The van der Waals surface area contributed by atoms with Crippen LogP contribution in [0.3, 0.4) is 0 Å². The maximum absolute atomic E-state index is 11.1. The molecular weight excluding hydrogens is 199 g/mol. The van der Waals surface area contributed by atoms with E-state index in [1.807, 2.05) is 0 Å². The van der Waals surface area contributed by atoms with Gasteiger partial charge in [0.1, 0.15) is 5.60 Å². The molecule has 0 amide bonds. The van der Waals surface area contributed by atoms with Crippen molar-refractivity contribution >= 4 is 35.5 Å². The topological polar surface area (TPSA) is 26.3 Å². The fourth-order valence-electron chi connectivity index (χ4n) is 4.46. The van der Waals surface area contributed by atoms with Gasteiger partial charge in [-0.2, -0.15) is 0 Å². The van der Waals surface area contributed by atoms with Crippen molar-refractivity contribution in [3.05, 3.63) is 0 Å². The van der Waals surface area contributed by atoms with Crippen molar-refractivity contribution in [3.63, 3.8) is 0 Å². The summed E-state index contributed by atoms with van der Waals surface area (Å²) in [6.45, 7) is 1.55. The van der Waals surface area contributed by atoms with Gasteiger partial charge in [0.2, 0.25) is 0 Å². The first kappa shape index (κ1) is 11.9. The Morgan fingerprint density at radius 1 is 1.07 bits per heavy atom. The Bertz CT molecular complexity index is 240. The zero-order valence-electron chi connectivity index (χ0n) is 8.79. The second kappa shape index (κ2) is 4.05. The SMILES string of the molecule is CC(=O)OC12CC3CC(CC(C3)C1)C2.[NaH]. The molecule has 0 N–H and O–H groups in total. The van der Waals surface area contributed by atoms with Gasteiger partial charge in [0.25, 0.3) is 0 Å². The molecule has 0 heterocycles. The van der Waals surface area contributed by atoms with Crippen LogP contribution in [-0.4, -0.2) is 41.1 Å². The van der Waals surface area contributed by atoms with Crippen LogP contribution >= 0.6 is 0 Å². The Balaban J connectivity index is 0.000000853. The van der Waals surface area contributed by atoms with Gasteiger partial charge in [0.15, 0.2) is 0 Å². The molecule has 4 saturated carbocycles. The molecule has 3 heteroatoms. The molecule has 0 spiro atoms. The number of carbonyl (C=O) groups excluding carboxylic acids is 1. The first-order chi connectivity index (χ1) is 6.65. The predicted octanol–water partition coefficient (Wildman–Crippen LogP) is 1.87. The van der Waals surface area contributed by atoms with Crippen LogP contribution in [-0.2, 0) is 9.53 Å². The van der Waals surface area contributed by atoms with E-state index in [0.29, 0.717) is 0 Å². The Hall–Kier alpha value is 0.470. The summed E-state index contributed by atoms with van der Waals surface area (Å²) in [5, 5.41) is 0. The van der Waals surface area contributed by atoms with Crippen molar-refractivity contribution in [2.45, 2.75) is 51.0 Å². The van der Waals surface area contributed by atoms with Gasteiger partial charge in [-0.1, -0.05) is 0 Å². The molecule has 0 aliphatic heterocycles. The molecule has 0 aromatic carbocycles. The number of carbonyl (C=O) groups is 1. The molecule has 0 saturated heterocycles. The zero-order chi connectivity index (χ0) is 9.76. The molecule has 0 unspecified atom stereocenters. The summed E-state index contributed by atoms with van der Waals surface area (Å²) in [6.07, 6.45) is 7.66. The van der Waals surface area contributed by atoms with Gasteiger partial charge < -0.3 is 4.74 Å². The Morgan fingerprint density at radius 2 is 1.47 bits per heavy atom. The first-order valence-corrected chi connectivity index (χ1v) is 5.85. The summed E-state index contributed by atoms with van der Waals surface area (Å²) in [5.41, 5.74) is -0.0272. The molecule has 0 aromatic heterocycles. The maximum atomic E-state index is 11.1. The van der Waals surface area contributed by atoms with E-state index in [4.69, 9.17) is 4.74 Å². The third-order valence-electron chi connectivity index (χ3n) is 4.34. The third-order valence-corrected chi connectivity index (χ3v) is 4.34. The molecule has 4 rings (SSSR count). The fraction of sp³-hybridized carbons (Fsp3) is 0.917. The summed E-state index contributed by atoms with van der Waals surface area (Å²) in [6, 6.07) is 0. The molecule has 4 bridgehead atoms. The van der Waals surface area contributed by atoms with Crippen LogP contribution in [0, 0.1) is 17.8 Å². The standard InChI is InChI=1S/C12H18O2.Na.H/c1-8(13)14-12-5-9-2-10(6-12)4-11(3-9)7-12;;/h9-11H,2-7H2,1H3;;. The van der Waals surface area contributed by atoms with Crippen LogP contribution in [0.4, 0.5) is 0 Å². The monoisotopic (exact) mass is 218 g/mol. The van der Waals surface area contributed by atoms with Crippen molar-refractivity contribution in [2.24, 2.45) is 17.8 Å². The van der Waals surface area contributed by atoms with Crippen LogP contribution in [0.1, 0.15) is 45.4 Å². The van der Waals surface area contributed by atoms with Crippen molar-refractivity contribution < 1.29 is 9.53 Å². The predicted molar refractivity (Wildman–Crippen MR) is 59.8 cm³/mol. The van der Waals surface area contributed by atoms with Crippen LogP contribution in [0.2, 0.25) is 0 Å². The number of ether oxygens (including phenoxy) is 1. The molecule has 0 radical (unpaired) electrons. The van der Waals surface area contributed by atoms with Gasteiger partial charge in [-0.15, -0.1) is 0 Å². The molecule has 0 aromatic rings. The van der Waals surface area contributed by atoms with E-state index < -0.39 is 0 Å². The summed E-state index contributed by atoms with van der Waals surface area (Å²) in [5.74, 6) is 2.51. The van der Waals surface area contributed by atoms with Gasteiger partial charge in [-0.05, 0) is 56.3 Å². The molecule has 4 aliphatic carbocycles. The second-order valence-corrected chi connectivity index (χ2v) is 5.69. The van der Waals surface area contributed by atoms with E-state index >= 15 is 0 Å². The van der Waals surface area contributed by atoms with Gasteiger partial charge in [-0.25, -0.2) is 0 Å². The van der Waals surface area contributed by atoms with E-state index in [9.17, 15) is 4.79 Å². The number of esters is 1. The summed E-state index contributed by atoms with van der Waals surface area (Å²) >= 11 is 0. The minimum absolute atomic E-state index is 0. The minimum atomic E-state index is -0.0769. The quantitative estimate of drug-likeness (QED) is 0.496. The first-order valence-electron chi connectivity index (χ1n) is 5.85. The Kier molecular flexibility index (Phi) is 3.22. The van der Waals surface area contributed by atoms with Crippen molar-refractivity contribution in [3.8, 4) is 0 Å². The van der Waals surface area contributed by atoms with Gasteiger partial charge >= 0.3 is 35.5 Å². The van der Waals surface area contributed by atoms with Crippen molar-refractivity contribution in [2.75, 3.05) is 0 Å². The summed E-state index contributed by atoms with van der Waals surface area (Å²) < 4.78 is 5.61. The number of hydrogen-bond acceptors (Lipinski definition) is 2. The Labute approximate surface area is 113 Å². The average molecular weight is 218 g/mol. The molecule has 4 aliphatic rings. The van der Waals surface area contributed by atoms with E-state index in [0.717, 1.165) is 37.0 Å². The molecule has 80 valence electrons. The number of hydrogen-bond donors (Lipinski definition) is 0.